The first-order valence-corrected chi connectivity index (χ1v) is 7.12. The number of rotatable bonds is 3. The number of fused-ring (bicyclic) bond motifs is 1. The van der Waals surface area contributed by atoms with E-state index in [1.165, 1.54) is 32.1 Å². The van der Waals surface area contributed by atoms with Crippen molar-refractivity contribution >= 4 is 5.91 Å². The molecule has 0 radical (unpaired) electrons. The molecule has 0 saturated heterocycles. The van der Waals surface area contributed by atoms with Gasteiger partial charge in [-0.25, -0.2) is 0 Å². The molecular weight excluding hydrogens is 214 g/mol. The molecular formula is C14H25NO2. The summed E-state index contributed by atoms with van der Waals surface area (Å²) in [7, 11) is 0. The maximum Gasteiger partial charge on any atom is 0.223 e. The number of hydrogen-bond donors (Lipinski definition) is 2. The smallest absolute Gasteiger partial charge is 0.223 e. The van der Waals surface area contributed by atoms with E-state index in [1.54, 1.807) is 6.92 Å². The maximum absolute atomic E-state index is 12.0. The Bertz CT molecular complexity index is 265. The second kappa shape index (κ2) is 5.85. The zero-order chi connectivity index (χ0) is 12.3. The van der Waals surface area contributed by atoms with E-state index in [-0.39, 0.29) is 11.8 Å². The van der Waals surface area contributed by atoms with Crippen molar-refractivity contribution in [2.75, 3.05) is 6.54 Å². The summed E-state index contributed by atoms with van der Waals surface area (Å²) in [5.41, 5.74) is 0. The first-order chi connectivity index (χ1) is 8.16. The summed E-state index contributed by atoms with van der Waals surface area (Å²) >= 11 is 0. The third-order valence-corrected chi connectivity index (χ3v) is 4.48. The van der Waals surface area contributed by atoms with Gasteiger partial charge in [-0.3, -0.25) is 4.79 Å². The standard InChI is InChI=1S/C14H25NO2/c1-10(16)9-15-14(17)13-7-6-11-4-2-3-5-12(11)8-13/h10-13,16H,2-9H2,1H3,(H,15,17). The molecule has 1 amide bonds. The molecule has 2 fully saturated rings. The molecule has 0 aromatic carbocycles. The third kappa shape index (κ3) is 3.44. The van der Waals surface area contributed by atoms with Gasteiger partial charge in [0.25, 0.3) is 0 Å². The van der Waals surface area contributed by atoms with Crippen molar-refractivity contribution in [3.8, 4) is 0 Å². The van der Waals surface area contributed by atoms with Crippen molar-refractivity contribution in [3.05, 3.63) is 0 Å². The number of aliphatic hydroxyl groups excluding tert-OH is 1. The lowest BCUT2D eigenvalue weighted by Gasteiger charge is -2.38. The van der Waals surface area contributed by atoms with E-state index < -0.39 is 6.10 Å². The number of nitrogens with one attached hydrogen (secondary N) is 1. The Kier molecular flexibility index (Phi) is 4.43. The van der Waals surface area contributed by atoms with Crippen LogP contribution in [0, 0.1) is 17.8 Å². The molecule has 98 valence electrons. The van der Waals surface area contributed by atoms with Crippen LogP contribution in [0.5, 0.6) is 0 Å². The molecule has 0 aliphatic heterocycles. The molecule has 0 aromatic heterocycles. The molecule has 2 aliphatic carbocycles. The van der Waals surface area contributed by atoms with Crippen molar-refractivity contribution in [2.45, 2.75) is 58.0 Å². The number of hydrogen-bond acceptors (Lipinski definition) is 2. The Labute approximate surface area is 104 Å². The Morgan fingerprint density at radius 2 is 1.94 bits per heavy atom. The van der Waals surface area contributed by atoms with Crippen LogP contribution in [0.4, 0.5) is 0 Å². The first kappa shape index (κ1) is 12.9. The van der Waals surface area contributed by atoms with Crippen molar-refractivity contribution in [3.63, 3.8) is 0 Å². The van der Waals surface area contributed by atoms with E-state index in [0.717, 1.165) is 24.7 Å². The zero-order valence-electron chi connectivity index (χ0n) is 10.8. The van der Waals surface area contributed by atoms with Crippen molar-refractivity contribution < 1.29 is 9.90 Å². The quantitative estimate of drug-likeness (QED) is 0.792. The van der Waals surface area contributed by atoms with Crippen LogP contribution in [-0.4, -0.2) is 23.7 Å². The summed E-state index contributed by atoms with van der Waals surface area (Å²) < 4.78 is 0. The highest BCUT2D eigenvalue weighted by Gasteiger charge is 2.34. The summed E-state index contributed by atoms with van der Waals surface area (Å²) in [5, 5.41) is 12.0. The predicted molar refractivity (Wildman–Crippen MR) is 67.5 cm³/mol. The van der Waals surface area contributed by atoms with Gasteiger partial charge in [0.05, 0.1) is 6.10 Å². The number of aliphatic hydroxyl groups is 1. The van der Waals surface area contributed by atoms with Gasteiger partial charge in [-0.15, -0.1) is 0 Å². The molecule has 2 saturated carbocycles. The molecule has 17 heavy (non-hydrogen) atoms. The van der Waals surface area contributed by atoms with Gasteiger partial charge in [0.2, 0.25) is 5.91 Å². The zero-order valence-corrected chi connectivity index (χ0v) is 10.8. The normalized spacial score (nSPS) is 34.8. The van der Waals surface area contributed by atoms with Crippen LogP contribution in [0.25, 0.3) is 0 Å². The Hall–Kier alpha value is -0.570. The van der Waals surface area contributed by atoms with Crippen LogP contribution in [0.2, 0.25) is 0 Å². The van der Waals surface area contributed by atoms with Crippen LogP contribution >= 0.6 is 0 Å². The molecule has 0 spiro atoms. The van der Waals surface area contributed by atoms with Gasteiger partial charge >= 0.3 is 0 Å². The average Bonchev–Trinajstić information content (AvgIpc) is 2.35. The van der Waals surface area contributed by atoms with Crippen LogP contribution in [-0.2, 0) is 4.79 Å². The minimum Gasteiger partial charge on any atom is -0.392 e. The maximum atomic E-state index is 12.0. The lowest BCUT2D eigenvalue weighted by molar-refractivity contribution is -0.127. The number of carbonyl (C=O) groups is 1. The molecule has 0 aromatic rings. The molecule has 0 heterocycles. The van der Waals surface area contributed by atoms with Gasteiger partial charge in [0.1, 0.15) is 0 Å². The Morgan fingerprint density at radius 1 is 1.24 bits per heavy atom. The monoisotopic (exact) mass is 239 g/mol. The second-order valence-corrected chi connectivity index (χ2v) is 5.91. The average molecular weight is 239 g/mol. The van der Waals surface area contributed by atoms with Crippen molar-refractivity contribution in [1.29, 1.82) is 0 Å². The van der Waals surface area contributed by atoms with Crippen LogP contribution in [0.15, 0.2) is 0 Å². The molecule has 2 rings (SSSR count). The number of amides is 1. The van der Waals surface area contributed by atoms with E-state index in [4.69, 9.17) is 0 Å². The molecule has 0 bridgehead atoms. The minimum atomic E-state index is -0.440. The molecule has 4 unspecified atom stereocenters. The van der Waals surface area contributed by atoms with Crippen molar-refractivity contribution in [1.82, 2.24) is 5.32 Å². The summed E-state index contributed by atoms with van der Waals surface area (Å²) in [6.07, 6.45) is 8.37. The lowest BCUT2D eigenvalue weighted by atomic mass is 9.67. The summed E-state index contributed by atoms with van der Waals surface area (Å²) in [6.45, 7) is 2.10. The van der Waals surface area contributed by atoms with Crippen LogP contribution in [0.1, 0.15) is 51.9 Å². The van der Waals surface area contributed by atoms with E-state index in [9.17, 15) is 9.90 Å². The summed E-state index contributed by atoms with van der Waals surface area (Å²) in [6, 6.07) is 0. The minimum absolute atomic E-state index is 0.162. The fourth-order valence-corrected chi connectivity index (χ4v) is 3.50. The molecule has 3 heteroatoms. The van der Waals surface area contributed by atoms with E-state index in [2.05, 4.69) is 5.32 Å². The van der Waals surface area contributed by atoms with Gasteiger partial charge in [-0.05, 0) is 38.0 Å². The second-order valence-electron chi connectivity index (χ2n) is 5.91. The fraction of sp³-hybridized carbons (Fsp3) is 0.929. The highest BCUT2D eigenvalue weighted by molar-refractivity contribution is 5.78. The highest BCUT2D eigenvalue weighted by atomic mass is 16.3. The topological polar surface area (TPSA) is 49.3 Å². The highest BCUT2D eigenvalue weighted by Crippen LogP contribution is 2.42. The van der Waals surface area contributed by atoms with Crippen LogP contribution < -0.4 is 5.32 Å². The van der Waals surface area contributed by atoms with Crippen molar-refractivity contribution in [2.24, 2.45) is 17.8 Å². The first-order valence-electron chi connectivity index (χ1n) is 7.12. The predicted octanol–water partition coefficient (Wildman–Crippen LogP) is 2.09. The molecule has 4 atom stereocenters. The van der Waals surface area contributed by atoms with Gasteiger partial charge in [-0.1, -0.05) is 25.7 Å². The molecule has 2 N–H and O–H groups in total. The van der Waals surface area contributed by atoms with E-state index >= 15 is 0 Å². The molecule has 2 aliphatic rings. The molecule has 3 nitrogen and oxygen atoms in total. The van der Waals surface area contributed by atoms with Gasteiger partial charge < -0.3 is 10.4 Å². The van der Waals surface area contributed by atoms with Crippen LogP contribution in [0.3, 0.4) is 0 Å². The fourth-order valence-electron chi connectivity index (χ4n) is 3.50. The SMILES string of the molecule is CC(O)CNC(=O)C1CCC2CCCCC2C1. The Balaban J connectivity index is 1.80. The summed E-state index contributed by atoms with van der Waals surface area (Å²) in [4.78, 5) is 12.0. The van der Waals surface area contributed by atoms with E-state index in [0.29, 0.717) is 6.54 Å². The number of carbonyl (C=O) groups excluding carboxylic acids is 1. The van der Waals surface area contributed by atoms with E-state index in [1.807, 2.05) is 0 Å². The lowest BCUT2D eigenvalue weighted by Crippen LogP contribution is -2.39. The summed E-state index contributed by atoms with van der Waals surface area (Å²) in [5.74, 6) is 2.05. The largest absolute Gasteiger partial charge is 0.392 e. The Morgan fingerprint density at radius 3 is 2.65 bits per heavy atom. The van der Waals surface area contributed by atoms with Gasteiger partial charge in [-0.2, -0.15) is 0 Å². The van der Waals surface area contributed by atoms with Gasteiger partial charge in [0.15, 0.2) is 0 Å². The van der Waals surface area contributed by atoms with Gasteiger partial charge in [0, 0.05) is 12.5 Å². The third-order valence-electron chi connectivity index (χ3n) is 4.48.